The first kappa shape index (κ1) is 13.4. The lowest BCUT2D eigenvalue weighted by Gasteiger charge is -2.44. The monoisotopic (exact) mass is 287 g/mol. The molecule has 0 radical (unpaired) electrons. The average Bonchev–Trinajstić information content (AvgIpc) is 2.38. The third-order valence-electron chi connectivity index (χ3n) is 3.78. The molecule has 1 aromatic carbocycles. The van der Waals surface area contributed by atoms with Crippen LogP contribution in [-0.2, 0) is 6.54 Å². The summed E-state index contributed by atoms with van der Waals surface area (Å²) in [6.07, 6.45) is 1.85. The van der Waals surface area contributed by atoms with Gasteiger partial charge in [0, 0.05) is 36.9 Å². The lowest BCUT2D eigenvalue weighted by Crippen LogP contribution is -2.58. The van der Waals surface area contributed by atoms with E-state index in [0.717, 1.165) is 30.5 Å². The fourth-order valence-electron chi connectivity index (χ4n) is 2.51. The molecule has 1 aliphatic heterocycles. The Labute approximate surface area is 124 Å². The van der Waals surface area contributed by atoms with Gasteiger partial charge in [0.25, 0.3) is 0 Å². The Hall–Kier alpha value is -1.58. The van der Waals surface area contributed by atoms with E-state index in [1.807, 2.05) is 36.5 Å². The lowest BCUT2D eigenvalue weighted by molar-refractivity contribution is 0.197. The fourth-order valence-corrected chi connectivity index (χ4v) is 2.73. The van der Waals surface area contributed by atoms with Crippen LogP contribution in [0.3, 0.4) is 0 Å². The van der Waals surface area contributed by atoms with Crippen molar-refractivity contribution < 1.29 is 0 Å². The Morgan fingerprint density at radius 2 is 2.10 bits per heavy atom. The van der Waals surface area contributed by atoms with Gasteiger partial charge in [-0.3, -0.25) is 4.90 Å². The van der Waals surface area contributed by atoms with E-state index in [0.29, 0.717) is 6.04 Å². The normalized spacial score (nSPS) is 15.4. The van der Waals surface area contributed by atoms with E-state index in [9.17, 15) is 0 Å². The molecule has 2 heterocycles. The fraction of sp³-hybridized carbons (Fsp3) is 0.312. The summed E-state index contributed by atoms with van der Waals surface area (Å²) in [6.45, 7) is 3.00. The van der Waals surface area contributed by atoms with Crippen LogP contribution in [0, 0.1) is 0 Å². The first-order valence-electron chi connectivity index (χ1n) is 6.83. The zero-order valence-corrected chi connectivity index (χ0v) is 12.3. The van der Waals surface area contributed by atoms with Crippen molar-refractivity contribution in [2.24, 2.45) is 0 Å². The second-order valence-corrected chi connectivity index (χ2v) is 5.73. The number of halogens is 1. The molecule has 0 saturated carbocycles. The quantitative estimate of drug-likeness (QED) is 0.862. The number of aromatic nitrogens is 1. The smallest absolute Gasteiger partial charge is 0.128 e. The Balaban J connectivity index is 1.55. The van der Waals surface area contributed by atoms with Crippen molar-refractivity contribution in [3.63, 3.8) is 0 Å². The second-order valence-electron chi connectivity index (χ2n) is 5.29. The van der Waals surface area contributed by atoms with Crippen LogP contribution in [0.1, 0.15) is 5.56 Å². The van der Waals surface area contributed by atoms with Gasteiger partial charge in [0.15, 0.2) is 0 Å². The molecule has 1 saturated heterocycles. The van der Waals surface area contributed by atoms with Gasteiger partial charge in [0.2, 0.25) is 0 Å². The highest BCUT2D eigenvalue weighted by Gasteiger charge is 2.30. The summed E-state index contributed by atoms with van der Waals surface area (Å²) in [5, 5.41) is 0.805. The van der Waals surface area contributed by atoms with Crippen LogP contribution in [0.5, 0.6) is 0 Å². The van der Waals surface area contributed by atoms with E-state index in [-0.39, 0.29) is 0 Å². The predicted octanol–water partition coefficient (Wildman–Crippen LogP) is 3.06. The second kappa shape index (κ2) is 5.81. The number of pyridine rings is 1. The van der Waals surface area contributed by atoms with Crippen LogP contribution in [0.4, 0.5) is 5.82 Å². The summed E-state index contributed by atoms with van der Waals surface area (Å²) in [6, 6.07) is 14.7. The molecule has 20 heavy (non-hydrogen) atoms. The highest BCUT2D eigenvalue weighted by atomic mass is 35.5. The van der Waals surface area contributed by atoms with Crippen molar-refractivity contribution in [1.82, 2.24) is 9.88 Å². The predicted molar refractivity (Wildman–Crippen MR) is 83.2 cm³/mol. The Kier molecular flexibility index (Phi) is 3.90. The summed E-state index contributed by atoms with van der Waals surface area (Å²) in [5.41, 5.74) is 1.26. The molecule has 0 N–H and O–H groups in total. The van der Waals surface area contributed by atoms with E-state index in [4.69, 9.17) is 11.6 Å². The summed E-state index contributed by atoms with van der Waals surface area (Å²) in [4.78, 5) is 9.06. The molecule has 0 aliphatic carbocycles. The molecule has 4 heteroatoms. The minimum atomic E-state index is 0.580. The third kappa shape index (κ3) is 2.94. The minimum absolute atomic E-state index is 0.580. The van der Waals surface area contributed by atoms with Gasteiger partial charge in [-0.05, 0) is 36.9 Å². The van der Waals surface area contributed by atoms with Crippen molar-refractivity contribution in [2.75, 3.05) is 25.0 Å². The van der Waals surface area contributed by atoms with Crippen molar-refractivity contribution in [2.45, 2.75) is 12.6 Å². The largest absolute Gasteiger partial charge is 0.353 e. The van der Waals surface area contributed by atoms with Crippen molar-refractivity contribution >= 4 is 17.4 Å². The summed E-state index contributed by atoms with van der Waals surface area (Å²) in [5.74, 6) is 1.07. The first-order valence-corrected chi connectivity index (χ1v) is 7.21. The third-order valence-corrected chi connectivity index (χ3v) is 4.01. The number of benzene rings is 1. The van der Waals surface area contributed by atoms with Crippen molar-refractivity contribution in [3.8, 4) is 0 Å². The first-order chi connectivity index (χ1) is 9.72. The van der Waals surface area contributed by atoms with Gasteiger partial charge in [0.1, 0.15) is 5.82 Å². The van der Waals surface area contributed by atoms with Crippen LogP contribution in [-0.4, -0.2) is 36.1 Å². The highest BCUT2D eigenvalue weighted by Crippen LogP contribution is 2.22. The number of hydrogen-bond acceptors (Lipinski definition) is 3. The molecule has 0 amide bonds. The molecular weight excluding hydrogens is 270 g/mol. The van der Waals surface area contributed by atoms with Gasteiger partial charge < -0.3 is 4.90 Å². The molecule has 3 nitrogen and oxygen atoms in total. The van der Waals surface area contributed by atoms with Gasteiger partial charge in [-0.15, -0.1) is 0 Å². The molecule has 1 aliphatic rings. The van der Waals surface area contributed by atoms with Gasteiger partial charge in [-0.25, -0.2) is 4.98 Å². The maximum absolute atomic E-state index is 6.02. The number of rotatable bonds is 4. The lowest BCUT2D eigenvalue weighted by atomic mass is 10.1. The van der Waals surface area contributed by atoms with E-state index < -0.39 is 0 Å². The number of anilines is 1. The molecule has 0 unspecified atom stereocenters. The Morgan fingerprint density at radius 1 is 1.25 bits per heavy atom. The van der Waals surface area contributed by atoms with E-state index >= 15 is 0 Å². The molecular formula is C16H18ClN3. The molecule has 3 rings (SSSR count). The highest BCUT2D eigenvalue weighted by molar-refractivity contribution is 6.30. The van der Waals surface area contributed by atoms with Gasteiger partial charge in [-0.1, -0.05) is 29.8 Å². The van der Waals surface area contributed by atoms with Gasteiger partial charge >= 0.3 is 0 Å². The average molecular weight is 288 g/mol. The zero-order chi connectivity index (χ0) is 13.9. The topological polar surface area (TPSA) is 19.4 Å². The number of nitrogens with zero attached hydrogens (tertiary/aromatic N) is 3. The Morgan fingerprint density at radius 3 is 2.80 bits per heavy atom. The summed E-state index contributed by atoms with van der Waals surface area (Å²) in [7, 11) is 2.17. The van der Waals surface area contributed by atoms with Gasteiger partial charge in [0.05, 0.1) is 0 Å². The van der Waals surface area contributed by atoms with Crippen LogP contribution >= 0.6 is 11.6 Å². The van der Waals surface area contributed by atoms with Crippen molar-refractivity contribution in [3.05, 3.63) is 59.2 Å². The maximum Gasteiger partial charge on any atom is 0.128 e. The van der Waals surface area contributed by atoms with Crippen LogP contribution < -0.4 is 4.90 Å². The zero-order valence-electron chi connectivity index (χ0n) is 11.5. The minimum Gasteiger partial charge on any atom is -0.353 e. The van der Waals surface area contributed by atoms with E-state index in [2.05, 4.69) is 34.0 Å². The van der Waals surface area contributed by atoms with Crippen LogP contribution in [0.15, 0.2) is 48.7 Å². The maximum atomic E-state index is 6.02. The molecule has 1 fully saturated rings. The SMILES string of the molecule is CN(Cc1cccc(Cl)c1)C1CN(c2ccccn2)C1. The van der Waals surface area contributed by atoms with E-state index in [1.165, 1.54) is 5.56 Å². The Bertz CT molecular complexity index is 567. The summed E-state index contributed by atoms with van der Waals surface area (Å²) >= 11 is 6.02. The van der Waals surface area contributed by atoms with Crippen LogP contribution in [0.25, 0.3) is 0 Å². The van der Waals surface area contributed by atoms with Crippen molar-refractivity contribution in [1.29, 1.82) is 0 Å². The molecule has 1 aromatic heterocycles. The standard InChI is InChI=1S/C16H18ClN3/c1-19(10-13-5-4-6-14(17)9-13)15-11-20(12-15)16-7-2-3-8-18-16/h2-9,15H,10-12H2,1H3. The van der Waals surface area contributed by atoms with Gasteiger partial charge in [-0.2, -0.15) is 0 Å². The van der Waals surface area contributed by atoms with E-state index in [1.54, 1.807) is 0 Å². The molecule has 2 aromatic rings. The molecule has 104 valence electrons. The van der Waals surface area contributed by atoms with Crippen LogP contribution in [0.2, 0.25) is 5.02 Å². The molecule has 0 bridgehead atoms. The molecule has 0 atom stereocenters. The number of hydrogen-bond donors (Lipinski definition) is 0. The molecule has 0 spiro atoms. The summed E-state index contributed by atoms with van der Waals surface area (Å²) < 4.78 is 0. The number of likely N-dealkylation sites (N-methyl/N-ethyl adjacent to an activating group) is 1.